The van der Waals surface area contributed by atoms with Crippen molar-refractivity contribution in [1.29, 1.82) is 0 Å². The molecular weight excluding hydrogens is 299 g/mol. The molecule has 0 aliphatic heterocycles. The number of amides is 1. The van der Waals surface area contributed by atoms with Crippen LogP contribution in [-0.2, 0) is 20.5 Å². The molecule has 2 rings (SSSR count). The molecule has 7 heteroatoms. The Morgan fingerprint density at radius 3 is 2.27 bits per heavy atom. The highest BCUT2D eigenvalue weighted by atomic mass is 19.4. The lowest BCUT2D eigenvalue weighted by molar-refractivity contribution is -0.159. The molecule has 4 nitrogen and oxygen atoms in total. The first-order valence-electron chi connectivity index (χ1n) is 6.96. The maximum atomic E-state index is 12.4. The number of halogens is 3. The fourth-order valence-electron chi connectivity index (χ4n) is 1.95. The number of benzene rings is 1. The van der Waals surface area contributed by atoms with Gasteiger partial charge >= 0.3 is 12.1 Å². The molecule has 1 aromatic rings. The molecule has 1 aliphatic carbocycles. The van der Waals surface area contributed by atoms with E-state index in [4.69, 9.17) is 4.74 Å². The Bertz CT molecular complexity index is 550. The van der Waals surface area contributed by atoms with E-state index in [1.165, 1.54) is 6.92 Å². The van der Waals surface area contributed by atoms with Crippen molar-refractivity contribution >= 4 is 17.6 Å². The molecule has 0 spiro atoms. The summed E-state index contributed by atoms with van der Waals surface area (Å²) in [5.41, 5.74) is -0.584. The van der Waals surface area contributed by atoms with E-state index in [1.807, 2.05) is 0 Å². The van der Waals surface area contributed by atoms with Crippen LogP contribution in [0.15, 0.2) is 24.3 Å². The predicted octanol–water partition coefficient (Wildman–Crippen LogP) is 3.38. The minimum Gasteiger partial charge on any atom is -0.452 e. The standard InChI is InChI=1S/C15H16F3NO3/c1-9(22-14(21)10-3-2-4-10)13(20)19-12-7-5-11(6-8-12)15(16,17)18/h5-10H,2-4H2,1H3,(H,19,20). The van der Waals surface area contributed by atoms with E-state index in [0.717, 1.165) is 43.5 Å². The molecule has 22 heavy (non-hydrogen) atoms. The van der Waals surface area contributed by atoms with Crippen LogP contribution < -0.4 is 5.32 Å². The van der Waals surface area contributed by atoms with E-state index in [1.54, 1.807) is 0 Å². The van der Waals surface area contributed by atoms with Crippen LogP contribution in [0.25, 0.3) is 0 Å². The van der Waals surface area contributed by atoms with E-state index >= 15 is 0 Å². The number of hydrogen-bond acceptors (Lipinski definition) is 3. The van der Waals surface area contributed by atoms with Crippen molar-refractivity contribution in [2.24, 2.45) is 5.92 Å². The van der Waals surface area contributed by atoms with Gasteiger partial charge in [-0.3, -0.25) is 9.59 Å². The van der Waals surface area contributed by atoms with Gasteiger partial charge < -0.3 is 10.1 Å². The van der Waals surface area contributed by atoms with E-state index in [2.05, 4.69) is 5.32 Å². The third kappa shape index (κ3) is 3.99. The summed E-state index contributed by atoms with van der Waals surface area (Å²) in [6.07, 6.45) is -2.89. The third-order valence-corrected chi connectivity index (χ3v) is 3.58. The molecule has 1 fully saturated rings. The lowest BCUT2D eigenvalue weighted by atomic mass is 9.86. The van der Waals surface area contributed by atoms with Crippen molar-refractivity contribution in [2.45, 2.75) is 38.5 Å². The zero-order valence-corrected chi connectivity index (χ0v) is 11.9. The van der Waals surface area contributed by atoms with Crippen LogP contribution in [-0.4, -0.2) is 18.0 Å². The van der Waals surface area contributed by atoms with Crippen molar-refractivity contribution in [3.63, 3.8) is 0 Å². The molecule has 120 valence electrons. The molecule has 1 aromatic carbocycles. The lowest BCUT2D eigenvalue weighted by Gasteiger charge is -2.24. The summed E-state index contributed by atoms with van der Waals surface area (Å²) in [6, 6.07) is 4.06. The first-order valence-corrected chi connectivity index (χ1v) is 6.96. The largest absolute Gasteiger partial charge is 0.452 e. The summed E-state index contributed by atoms with van der Waals surface area (Å²) in [6.45, 7) is 1.43. The topological polar surface area (TPSA) is 55.4 Å². The van der Waals surface area contributed by atoms with Gasteiger partial charge in [0.1, 0.15) is 0 Å². The Hall–Kier alpha value is -2.05. The monoisotopic (exact) mass is 315 g/mol. The highest BCUT2D eigenvalue weighted by Crippen LogP contribution is 2.30. The molecular formula is C15H16F3NO3. The number of ether oxygens (including phenoxy) is 1. The maximum Gasteiger partial charge on any atom is 0.416 e. The number of alkyl halides is 3. The van der Waals surface area contributed by atoms with E-state index in [-0.39, 0.29) is 11.6 Å². The lowest BCUT2D eigenvalue weighted by Crippen LogP contribution is -2.34. The number of rotatable bonds is 4. The zero-order valence-electron chi connectivity index (χ0n) is 11.9. The summed E-state index contributed by atoms with van der Waals surface area (Å²) >= 11 is 0. The molecule has 0 heterocycles. The smallest absolute Gasteiger partial charge is 0.416 e. The number of anilines is 1. The van der Waals surface area contributed by atoms with Crippen LogP contribution in [0.2, 0.25) is 0 Å². The Morgan fingerprint density at radius 1 is 1.23 bits per heavy atom. The van der Waals surface area contributed by atoms with Gasteiger partial charge in [0.15, 0.2) is 6.10 Å². The molecule has 0 radical (unpaired) electrons. The van der Waals surface area contributed by atoms with Crippen LogP contribution in [0.4, 0.5) is 18.9 Å². The van der Waals surface area contributed by atoms with Gasteiger partial charge in [0.05, 0.1) is 11.5 Å². The Kier molecular flexibility index (Phi) is 4.73. The summed E-state index contributed by atoms with van der Waals surface area (Å²) in [5.74, 6) is -1.12. The van der Waals surface area contributed by atoms with Gasteiger partial charge in [-0.2, -0.15) is 13.2 Å². The Morgan fingerprint density at radius 2 is 1.82 bits per heavy atom. The van der Waals surface area contributed by atoms with Crippen molar-refractivity contribution in [3.05, 3.63) is 29.8 Å². The van der Waals surface area contributed by atoms with Crippen molar-refractivity contribution in [3.8, 4) is 0 Å². The third-order valence-electron chi connectivity index (χ3n) is 3.58. The van der Waals surface area contributed by atoms with E-state index in [9.17, 15) is 22.8 Å². The van der Waals surface area contributed by atoms with Crippen LogP contribution in [0.5, 0.6) is 0 Å². The van der Waals surface area contributed by atoms with Gasteiger partial charge in [-0.25, -0.2) is 0 Å². The summed E-state index contributed by atoms with van der Waals surface area (Å²) in [7, 11) is 0. The molecule has 1 unspecified atom stereocenters. The highest BCUT2D eigenvalue weighted by Gasteiger charge is 2.31. The average molecular weight is 315 g/mol. The quantitative estimate of drug-likeness (QED) is 0.867. The molecule has 0 aromatic heterocycles. The zero-order chi connectivity index (χ0) is 16.3. The minimum atomic E-state index is -4.42. The van der Waals surface area contributed by atoms with Crippen molar-refractivity contribution < 1.29 is 27.5 Å². The normalized spacial score (nSPS) is 16.5. The van der Waals surface area contributed by atoms with Gasteiger partial charge in [0.2, 0.25) is 0 Å². The second kappa shape index (κ2) is 6.37. The van der Waals surface area contributed by atoms with Crippen molar-refractivity contribution in [2.75, 3.05) is 5.32 Å². The SMILES string of the molecule is CC(OC(=O)C1CCC1)C(=O)Nc1ccc(C(F)(F)F)cc1. The Balaban J connectivity index is 1.89. The van der Waals surface area contributed by atoms with Crippen LogP contribution >= 0.6 is 0 Å². The van der Waals surface area contributed by atoms with Crippen molar-refractivity contribution in [1.82, 2.24) is 0 Å². The van der Waals surface area contributed by atoms with Crippen LogP contribution in [0, 0.1) is 5.92 Å². The molecule has 1 atom stereocenters. The highest BCUT2D eigenvalue weighted by molar-refractivity contribution is 5.95. The number of esters is 1. The van der Waals surface area contributed by atoms with Crippen LogP contribution in [0.1, 0.15) is 31.7 Å². The van der Waals surface area contributed by atoms with Gasteiger partial charge in [-0.1, -0.05) is 6.42 Å². The Labute approximate surface area is 125 Å². The summed E-state index contributed by atoms with van der Waals surface area (Å²) < 4.78 is 42.3. The first kappa shape index (κ1) is 16.3. The number of carbonyl (C=O) groups excluding carboxylic acids is 2. The van der Waals surface area contributed by atoms with Crippen LogP contribution in [0.3, 0.4) is 0 Å². The molecule has 1 N–H and O–H groups in total. The summed E-state index contributed by atoms with van der Waals surface area (Å²) in [5, 5.41) is 2.42. The molecule has 0 bridgehead atoms. The maximum absolute atomic E-state index is 12.4. The molecule has 1 saturated carbocycles. The average Bonchev–Trinajstić information content (AvgIpc) is 2.35. The van der Waals surface area contributed by atoms with E-state index < -0.39 is 29.7 Å². The van der Waals surface area contributed by atoms with Gasteiger partial charge in [0.25, 0.3) is 5.91 Å². The summed E-state index contributed by atoms with van der Waals surface area (Å²) in [4.78, 5) is 23.5. The fraction of sp³-hybridized carbons (Fsp3) is 0.467. The number of nitrogens with one attached hydrogen (secondary N) is 1. The molecule has 0 saturated heterocycles. The first-order chi connectivity index (χ1) is 10.3. The minimum absolute atomic E-state index is 0.138. The second-order valence-electron chi connectivity index (χ2n) is 5.27. The molecule has 1 aliphatic rings. The van der Waals surface area contributed by atoms with E-state index in [0.29, 0.717) is 0 Å². The number of hydrogen-bond donors (Lipinski definition) is 1. The second-order valence-corrected chi connectivity index (χ2v) is 5.27. The predicted molar refractivity (Wildman–Crippen MR) is 73.0 cm³/mol. The number of carbonyl (C=O) groups is 2. The van der Waals surface area contributed by atoms with Gasteiger partial charge in [-0.05, 0) is 44.0 Å². The molecule has 1 amide bonds. The van der Waals surface area contributed by atoms with Gasteiger partial charge in [-0.15, -0.1) is 0 Å². The fourth-order valence-corrected chi connectivity index (χ4v) is 1.95. The van der Waals surface area contributed by atoms with Gasteiger partial charge in [0, 0.05) is 5.69 Å².